The number of benzene rings is 2. The van der Waals surface area contributed by atoms with Gasteiger partial charge in [0.2, 0.25) is 0 Å². The highest BCUT2D eigenvalue weighted by molar-refractivity contribution is 5.92. The van der Waals surface area contributed by atoms with Crippen molar-refractivity contribution in [2.24, 2.45) is 0 Å². The van der Waals surface area contributed by atoms with Crippen LogP contribution in [0.1, 0.15) is 24.6 Å². The number of aryl methyl sites for hydroxylation is 1. The first-order chi connectivity index (χ1) is 14.0. The van der Waals surface area contributed by atoms with E-state index >= 15 is 0 Å². The van der Waals surface area contributed by atoms with E-state index in [4.69, 9.17) is 18.6 Å². The van der Waals surface area contributed by atoms with Crippen LogP contribution < -0.4 is 19.5 Å². The molecule has 4 aromatic rings. The fourth-order valence-corrected chi connectivity index (χ4v) is 3.39. The van der Waals surface area contributed by atoms with Crippen LogP contribution in [0.5, 0.6) is 17.2 Å². The van der Waals surface area contributed by atoms with Crippen LogP contribution in [0.3, 0.4) is 0 Å². The molecule has 2 aromatic heterocycles. The number of ether oxygens (including phenoxy) is 3. The summed E-state index contributed by atoms with van der Waals surface area (Å²) in [5, 5.41) is 5.28. The molecule has 0 radical (unpaired) electrons. The van der Waals surface area contributed by atoms with Gasteiger partial charge in [0.05, 0.1) is 32.9 Å². The molecule has 0 aliphatic heterocycles. The van der Waals surface area contributed by atoms with Gasteiger partial charge in [-0.3, -0.25) is 0 Å². The first-order valence-corrected chi connectivity index (χ1v) is 9.27. The molecule has 0 fully saturated rings. The van der Waals surface area contributed by atoms with Gasteiger partial charge in [-0.15, -0.1) is 0 Å². The predicted octanol–water partition coefficient (Wildman–Crippen LogP) is 4.88. The fourth-order valence-electron chi connectivity index (χ4n) is 3.39. The van der Waals surface area contributed by atoms with E-state index in [0.29, 0.717) is 28.9 Å². The molecule has 4 rings (SSSR count). The zero-order valence-electron chi connectivity index (χ0n) is 17.1. The molecule has 0 aliphatic carbocycles. The van der Waals surface area contributed by atoms with Crippen molar-refractivity contribution in [3.8, 4) is 17.2 Å². The summed E-state index contributed by atoms with van der Waals surface area (Å²) in [6.45, 7) is 3.88. The van der Waals surface area contributed by atoms with Crippen molar-refractivity contribution in [3.63, 3.8) is 0 Å². The van der Waals surface area contributed by atoms with Gasteiger partial charge in [-0.05, 0) is 32.0 Å². The predicted molar refractivity (Wildman–Crippen MR) is 112 cm³/mol. The molecular weight excluding hydrogens is 370 g/mol. The smallest absolute Gasteiger partial charge is 0.176 e. The van der Waals surface area contributed by atoms with Crippen LogP contribution in [0.25, 0.3) is 21.9 Å². The average Bonchev–Trinajstić information content (AvgIpc) is 3.17. The Balaban J connectivity index is 1.75. The van der Waals surface area contributed by atoms with E-state index in [9.17, 15) is 0 Å². The summed E-state index contributed by atoms with van der Waals surface area (Å²) in [6.07, 6.45) is 0. The zero-order valence-corrected chi connectivity index (χ0v) is 17.1. The molecule has 0 bridgehead atoms. The Kier molecular flexibility index (Phi) is 4.88. The van der Waals surface area contributed by atoms with Gasteiger partial charge in [0, 0.05) is 16.8 Å². The van der Waals surface area contributed by atoms with Gasteiger partial charge in [-0.25, -0.2) is 9.97 Å². The quantitative estimate of drug-likeness (QED) is 0.500. The third kappa shape index (κ3) is 3.40. The van der Waals surface area contributed by atoms with Crippen molar-refractivity contribution in [1.82, 2.24) is 9.97 Å². The number of hydrogen-bond acceptors (Lipinski definition) is 7. The average molecular weight is 393 g/mol. The maximum Gasteiger partial charge on any atom is 0.176 e. The van der Waals surface area contributed by atoms with Gasteiger partial charge in [0.15, 0.2) is 22.8 Å². The number of methoxy groups -OCH3 is 3. The highest BCUT2D eigenvalue weighted by Gasteiger charge is 2.18. The highest BCUT2D eigenvalue weighted by Crippen LogP contribution is 2.36. The molecule has 2 aromatic carbocycles. The Bertz CT molecular complexity index is 1190. The lowest BCUT2D eigenvalue weighted by Gasteiger charge is -2.16. The minimum atomic E-state index is -0.127. The molecule has 0 saturated carbocycles. The van der Waals surface area contributed by atoms with Crippen LogP contribution in [-0.2, 0) is 0 Å². The number of hydrogen-bond donors (Lipinski definition) is 1. The number of nitrogens with zero attached hydrogens (tertiary/aromatic N) is 2. The highest BCUT2D eigenvalue weighted by atomic mass is 16.5. The maximum atomic E-state index is 6.07. The van der Waals surface area contributed by atoms with E-state index in [-0.39, 0.29) is 6.04 Å². The Morgan fingerprint density at radius 2 is 1.66 bits per heavy atom. The molecule has 1 atom stereocenters. The van der Waals surface area contributed by atoms with E-state index in [1.165, 1.54) is 0 Å². The minimum absolute atomic E-state index is 0.127. The van der Waals surface area contributed by atoms with E-state index in [1.807, 2.05) is 50.2 Å². The second kappa shape index (κ2) is 7.50. The lowest BCUT2D eigenvalue weighted by Crippen LogP contribution is -2.09. The van der Waals surface area contributed by atoms with Gasteiger partial charge >= 0.3 is 0 Å². The maximum absolute atomic E-state index is 6.07. The Labute approximate surface area is 168 Å². The Morgan fingerprint density at radius 3 is 2.38 bits per heavy atom. The van der Waals surface area contributed by atoms with Crippen LogP contribution in [0, 0.1) is 6.92 Å². The number of para-hydroxylation sites is 1. The third-order valence-electron chi connectivity index (χ3n) is 4.84. The van der Waals surface area contributed by atoms with Gasteiger partial charge in [0.25, 0.3) is 0 Å². The number of furan rings is 1. The summed E-state index contributed by atoms with van der Waals surface area (Å²) >= 11 is 0. The van der Waals surface area contributed by atoms with E-state index in [1.54, 1.807) is 21.3 Å². The number of aromatic nitrogens is 2. The molecule has 7 nitrogen and oxygen atoms in total. The van der Waals surface area contributed by atoms with Crippen molar-refractivity contribution in [2.75, 3.05) is 26.6 Å². The second-order valence-corrected chi connectivity index (χ2v) is 6.74. The van der Waals surface area contributed by atoms with Crippen molar-refractivity contribution < 1.29 is 18.6 Å². The van der Waals surface area contributed by atoms with Crippen LogP contribution >= 0.6 is 0 Å². The lowest BCUT2D eigenvalue weighted by molar-refractivity contribution is 0.356. The minimum Gasteiger partial charge on any atom is -0.493 e. The first kappa shape index (κ1) is 18.9. The molecular formula is C22H23N3O4. The molecule has 0 unspecified atom stereocenters. The van der Waals surface area contributed by atoms with E-state index < -0.39 is 0 Å². The summed E-state index contributed by atoms with van der Waals surface area (Å²) < 4.78 is 22.3. The summed E-state index contributed by atoms with van der Waals surface area (Å²) in [6, 6.07) is 11.4. The molecule has 0 spiro atoms. The largest absolute Gasteiger partial charge is 0.493 e. The molecule has 7 heteroatoms. The second-order valence-electron chi connectivity index (χ2n) is 6.74. The monoisotopic (exact) mass is 393 g/mol. The lowest BCUT2D eigenvalue weighted by atomic mass is 10.1. The number of anilines is 1. The third-order valence-corrected chi connectivity index (χ3v) is 4.84. The summed E-state index contributed by atoms with van der Waals surface area (Å²) in [5.41, 5.74) is 1.50. The van der Waals surface area contributed by atoms with E-state index in [0.717, 1.165) is 27.6 Å². The standard InChI is InChI=1S/C22H23N3O4/c1-12(18-9-14-7-6-8-17(26-3)21(14)29-18)23-22-15-10-19(27-4)20(28-5)11-16(15)24-13(2)25-22/h6-12H,1-5H3,(H,23,24,25)/t12-/m1/s1. The number of rotatable bonds is 6. The van der Waals surface area contributed by atoms with Crippen molar-refractivity contribution in [3.05, 3.63) is 48.0 Å². The summed E-state index contributed by atoms with van der Waals surface area (Å²) in [4.78, 5) is 9.13. The molecule has 0 amide bonds. The van der Waals surface area contributed by atoms with Crippen LogP contribution in [-0.4, -0.2) is 31.3 Å². The van der Waals surface area contributed by atoms with Gasteiger partial charge in [0.1, 0.15) is 17.4 Å². The molecule has 29 heavy (non-hydrogen) atoms. The van der Waals surface area contributed by atoms with Gasteiger partial charge in [-0.2, -0.15) is 0 Å². The van der Waals surface area contributed by atoms with Gasteiger partial charge in [-0.1, -0.05) is 12.1 Å². The Hall–Kier alpha value is -3.48. The van der Waals surface area contributed by atoms with Crippen LogP contribution in [0.15, 0.2) is 40.8 Å². The van der Waals surface area contributed by atoms with Crippen LogP contribution in [0.4, 0.5) is 5.82 Å². The molecule has 1 N–H and O–H groups in total. The summed E-state index contributed by atoms with van der Waals surface area (Å²) in [7, 11) is 4.85. The molecule has 150 valence electrons. The Morgan fingerprint density at radius 1 is 0.931 bits per heavy atom. The fraction of sp³-hybridized carbons (Fsp3) is 0.273. The van der Waals surface area contributed by atoms with Crippen molar-refractivity contribution >= 4 is 27.7 Å². The zero-order chi connectivity index (χ0) is 20.5. The summed E-state index contributed by atoms with van der Waals surface area (Å²) in [5.74, 6) is 4.10. The SMILES string of the molecule is COc1cc2nc(C)nc(N[C@H](C)c3cc4cccc(OC)c4o3)c2cc1OC. The van der Waals surface area contributed by atoms with E-state index in [2.05, 4.69) is 15.3 Å². The van der Waals surface area contributed by atoms with Crippen LogP contribution in [0.2, 0.25) is 0 Å². The first-order valence-electron chi connectivity index (χ1n) is 9.27. The van der Waals surface area contributed by atoms with Crippen molar-refractivity contribution in [2.45, 2.75) is 19.9 Å². The number of nitrogens with one attached hydrogen (secondary N) is 1. The molecule has 0 aliphatic rings. The van der Waals surface area contributed by atoms with Gasteiger partial charge < -0.3 is 23.9 Å². The molecule has 0 saturated heterocycles. The topological polar surface area (TPSA) is 78.6 Å². The normalized spacial score (nSPS) is 12.2. The number of fused-ring (bicyclic) bond motifs is 2. The molecule has 2 heterocycles. The van der Waals surface area contributed by atoms with Crippen molar-refractivity contribution in [1.29, 1.82) is 0 Å².